The van der Waals surface area contributed by atoms with Crippen LogP contribution in [0, 0.1) is 0 Å². The molecule has 0 bridgehead atoms. The van der Waals surface area contributed by atoms with E-state index < -0.39 is 0 Å². The SMILES string of the molecule is CCOCCCNC(=O)C1=NCC(=O)N(c2ccccc2)N1. The number of hydrogen-bond acceptors (Lipinski definition) is 5. The van der Waals surface area contributed by atoms with Crippen molar-refractivity contribution in [1.82, 2.24) is 10.7 Å². The van der Waals surface area contributed by atoms with Crippen LogP contribution >= 0.6 is 0 Å². The largest absolute Gasteiger partial charge is 0.382 e. The Labute approximate surface area is 129 Å². The molecule has 1 aliphatic heterocycles. The fraction of sp³-hybridized carbons (Fsp3) is 0.400. The molecule has 0 aromatic heterocycles. The van der Waals surface area contributed by atoms with E-state index in [-0.39, 0.29) is 24.2 Å². The zero-order valence-electron chi connectivity index (χ0n) is 12.5. The first-order chi connectivity index (χ1) is 10.7. The summed E-state index contributed by atoms with van der Waals surface area (Å²) < 4.78 is 5.20. The van der Waals surface area contributed by atoms with Crippen LogP contribution < -0.4 is 15.8 Å². The monoisotopic (exact) mass is 304 g/mol. The van der Waals surface area contributed by atoms with E-state index in [2.05, 4.69) is 15.7 Å². The molecule has 1 aliphatic rings. The molecule has 2 N–H and O–H groups in total. The molecular weight excluding hydrogens is 284 g/mol. The van der Waals surface area contributed by atoms with Crippen LogP contribution in [-0.4, -0.2) is 44.0 Å². The molecule has 2 amide bonds. The number of aliphatic imine (C=N–C) groups is 1. The maximum Gasteiger partial charge on any atom is 0.288 e. The molecule has 2 rings (SSSR count). The molecule has 0 unspecified atom stereocenters. The second kappa shape index (κ2) is 8.14. The minimum absolute atomic E-state index is 0.0520. The van der Waals surface area contributed by atoms with Crippen LogP contribution in [0.25, 0.3) is 0 Å². The van der Waals surface area contributed by atoms with Crippen LogP contribution in [0.3, 0.4) is 0 Å². The third-order valence-electron chi connectivity index (χ3n) is 3.02. The molecule has 0 spiro atoms. The van der Waals surface area contributed by atoms with Crippen molar-refractivity contribution in [3.05, 3.63) is 30.3 Å². The van der Waals surface area contributed by atoms with Gasteiger partial charge in [0.15, 0.2) is 0 Å². The number of carbonyl (C=O) groups is 2. The van der Waals surface area contributed by atoms with Gasteiger partial charge >= 0.3 is 0 Å². The Morgan fingerprint density at radius 1 is 1.41 bits per heavy atom. The van der Waals surface area contributed by atoms with Crippen molar-refractivity contribution in [2.45, 2.75) is 13.3 Å². The molecule has 22 heavy (non-hydrogen) atoms. The standard InChI is InChI=1S/C15H20N4O3/c1-2-22-10-6-9-16-15(21)14-17-11-13(20)19(18-14)12-7-4-3-5-8-12/h3-5,7-8H,2,6,9-11H2,1H3,(H,16,21)(H,17,18). The third kappa shape index (κ3) is 4.29. The van der Waals surface area contributed by atoms with Gasteiger partial charge in [-0.1, -0.05) is 18.2 Å². The van der Waals surface area contributed by atoms with Gasteiger partial charge in [0.2, 0.25) is 5.84 Å². The highest BCUT2D eigenvalue weighted by molar-refractivity contribution is 6.39. The molecule has 1 aromatic rings. The molecule has 0 fully saturated rings. The molecule has 7 heteroatoms. The van der Waals surface area contributed by atoms with E-state index in [9.17, 15) is 9.59 Å². The minimum Gasteiger partial charge on any atom is -0.382 e. The number of para-hydroxylation sites is 1. The van der Waals surface area contributed by atoms with Crippen molar-refractivity contribution >= 4 is 23.3 Å². The second-order valence-electron chi connectivity index (χ2n) is 4.65. The maximum absolute atomic E-state index is 12.0. The fourth-order valence-corrected chi connectivity index (χ4v) is 1.93. The Kier molecular flexibility index (Phi) is 5.91. The quantitative estimate of drug-likeness (QED) is 0.718. The topological polar surface area (TPSA) is 83.0 Å². The van der Waals surface area contributed by atoms with Gasteiger partial charge in [-0.25, -0.2) is 5.01 Å². The van der Waals surface area contributed by atoms with E-state index in [1.807, 2.05) is 25.1 Å². The minimum atomic E-state index is -0.329. The van der Waals surface area contributed by atoms with E-state index >= 15 is 0 Å². The van der Waals surface area contributed by atoms with E-state index in [0.29, 0.717) is 25.4 Å². The molecule has 0 radical (unpaired) electrons. The van der Waals surface area contributed by atoms with Gasteiger partial charge in [-0.3, -0.25) is 20.0 Å². The lowest BCUT2D eigenvalue weighted by Crippen LogP contribution is -2.55. The lowest BCUT2D eigenvalue weighted by Gasteiger charge is -2.27. The number of carbonyl (C=O) groups excluding carboxylic acids is 2. The summed E-state index contributed by atoms with van der Waals surface area (Å²) in [6, 6.07) is 9.08. The van der Waals surface area contributed by atoms with Gasteiger partial charge in [0.1, 0.15) is 6.54 Å². The van der Waals surface area contributed by atoms with E-state index in [4.69, 9.17) is 4.74 Å². The number of amidine groups is 1. The first-order valence-corrected chi connectivity index (χ1v) is 7.27. The van der Waals surface area contributed by atoms with Crippen molar-refractivity contribution in [1.29, 1.82) is 0 Å². The Morgan fingerprint density at radius 2 is 2.18 bits per heavy atom. The summed E-state index contributed by atoms with van der Waals surface area (Å²) in [5.41, 5.74) is 3.43. The maximum atomic E-state index is 12.0. The molecule has 7 nitrogen and oxygen atoms in total. The molecule has 1 heterocycles. The summed E-state index contributed by atoms with van der Waals surface area (Å²) in [7, 11) is 0. The summed E-state index contributed by atoms with van der Waals surface area (Å²) in [6.07, 6.45) is 0.730. The lowest BCUT2D eigenvalue weighted by atomic mass is 10.3. The normalized spacial score (nSPS) is 14.3. The number of anilines is 1. The van der Waals surface area contributed by atoms with E-state index in [1.165, 1.54) is 5.01 Å². The number of nitrogens with zero attached hydrogens (tertiary/aromatic N) is 2. The van der Waals surface area contributed by atoms with Crippen molar-refractivity contribution < 1.29 is 14.3 Å². The predicted molar refractivity (Wildman–Crippen MR) is 83.5 cm³/mol. The molecular formula is C15H20N4O3. The lowest BCUT2D eigenvalue weighted by molar-refractivity contribution is -0.118. The highest BCUT2D eigenvalue weighted by Crippen LogP contribution is 2.12. The summed E-state index contributed by atoms with van der Waals surface area (Å²) in [6.45, 7) is 3.64. The molecule has 1 aromatic carbocycles. The smallest absolute Gasteiger partial charge is 0.288 e. The zero-order valence-corrected chi connectivity index (χ0v) is 12.5. The highest BCUT2D eigenvalue weighted by Gasteiger charge is 2.25. The summed E-state index contributed by atoms with van der Waals surface area (Å²) in [4.78, 5) is 27.9. The third-order valence-corrected chi connectivity index (χ3v) is 3.02. The Balaban J connectivity index is 1.89. The van der Waals surface area contributed by atoms with Crippen molar-refractivity contribution in [2.24, 2.45) is 4.99 Å². The molecule has 0 aliphatic carbocycles. The van der Waals surface area contributed by atoms with Gasteiger partial charge in [0, 0.05) is 19.8 Å². The van der Waals surface area contributed by atoms with Gasteiger partial charge in [-0.15, -0.1) is 0 Å². The van der Waals surface area contributed by atoms with Gasteiger partial charge in [0.05, 0.1) is 5.69 Å². The molecule has 0 saturated carbocycles. The fourth-order valence-electron chi connectivity index (χ4n) is 1.93. The Hall–Kier alpha value is -2.41. The first kappa shape index (κ1) is 16.0. The van der Waals surface area contributed by atoms with E-state index in [0.717, 1.165) is 6.42 Å². The average molecular weight is 304 g/mol. The second-order valence-corrected chi connectivity index (χ2v) is 4.65. The van der Waals surface area contributed by atoms with Crippen molar-refractivity contribution in [2.75, 3.05) is 31.3 Å². The number of benzene rings is 1. The predicted octanol–water partition coefficient (Wildman–Crippen LogP) is 0.479. The number of hydrazine groups is 1. The zero-order chi connectivity index (χ0) is 15.8. The molecule has 0 saturated heterocycles. The Bertz CT molecular complexity index is 545. The average Bonchev–Trinajstić information content (AvgIpc) is 2.55. The van der Waals surface area contributed by atoms with Crippen LogP contribution in [0.4, 0.5) is 5.69 Å². The van der Waals surface area contributed by atoms with Crippen molar-refractivity contribution in [3.8, 4) is 0 Å². The summed E-state index contributed by atoms with van der Waals surface area (Å²) >= 11 is 0. The first-order valence-electron chi connectivity index (χ1n) is 7.27. The number of rotatable bonds is 7. The van der Waals surface area contributed by atoms with Gasteiger partial charge in [-0.2, -0.15) is 0 Å². The van der Waals surface area contributed by atoms with Gasteiger partial charge in [0.25, 0.3) is 11.8 Å². The van der Waals surface area contributed by atoms with Crippen LogP contribution in [0.15, 0.2) is 35.3 Å². The number of nitrogens with one attached hydrogen (secondary N) is 2. The number of amides is 2. The van der Waals surface area contributed by atoms with Crippen molar-refractivity contribution in [3.63, 3.8) is 0 Å². The van der Waals surface area contributed by atoms with Crippen LogP contribution in [0.2, 0.25) is 0 Å². The summed E-state index contributed by atoms with van der Waals surface area (Å²) in [5.74, 6) is -0.399. The molecule has 0 atom stereocenters. The number of hydrogen-bond donors (Lipinski definition) is 2. The summed E-state index contributed by atoms with van der Waals surface area (Å²) in [5, 5.41) is 4.08. The van der Waals surface area contributed by atoms with Crippen LogP contribution in [0.1, 0.15) is 13.3 Å². The van der Waals surface area contributed by atoms with Gasteiger partial charge in [-0.05, 0) is 25.5 Å². The Morgan fingerprint density at radius 3 is 2.91 bits per heavy atom. The van der Waals surface area contributed by atoms with Crippen LogP contribution in [0.5, 0.6) is 0 Å². The highest BCUT2D eigenvalue weighted by atomic mass is 16.5. The van der Waals surface area contributed by atoms with E-state index in [1.54, 1.807) is 12.1 Å². The molecule has 118 valence electrons. The van der Waals surface area contributed by atoms with Gasteiger partial charge < -0.3 is 10.1 Å². The number of ether oxygens (including phenoxy) is 1. The van der Waals surface area contributed by atoms with Crippen LogP contribution in [-0.2, 0) is 14.3 Å².